The number of rotatable bonds is 5. The lowest BCUT2D eigenvalue weighted by molar-refractivity contribution is 0.649. The molecule has 1 aromatic carbocycles. The van der Waals surface area contributed by atoms with Gasteiger partial charge in [0.05, 0.1) is 28.1 Å². The van der Waals surface area contributed by atoms with Crippen LogP contribution in [0.25, 0.3) is 0 Å². The number of nitrogens with zero attached hydrogens (tertiary/aromatic N) is 2. The van der Waals surface area contributed by atoms with Crippen molar-refractivity contribution in [3.05, 3.63) is 35.4 Å². The summed E-state index contributed by atoms with van der Waals surface area (Å²) in [6.45, 7) is 6.61. The average Bonchev–Trinajstić information content (AvgIpc) is 2.27. The van der Waals surface area contributed by atoms with Crippen LogP contribution in [0.3, 0.4) is 0 Å². The van der Waals surface area contributed by atoms with Crippen molar-refractivity contribution in [1.29, 1.82) is 5.26 Å². The van der Waals surface area contributed by atoms with Crippen LogP contribution in [-0.4, -0.2) is 16.5 Å². The van der Waals surface area contributed by atoms with Gasteiger partial charge in [0, 0.05) is 0 Å². The lowest BCUT2D eigenvalue weighted by atomic mass is 10.2. The SMILES string of the molecule is Cc1cccc(CS(=O)(CC#N)=NCC(C)C)c1. The summed E-state index contributed by atoms with van der Waals surface area (Å²) in [6.07, 6.45) is 0. The Balaban J connectivity index is 2.97. The molecule has 98 valence electrons. The summed E-state index contributed by atoms with van der Waals surface area (Å²) in [5.41, 5.74) is 2.12. The fraction of sp³-hybridized carbons (Fsp3) is 0.500. The van der Waals surface area contributed by atoms with E-state index in [0.29, 0.717) is 18.2 Å². The van der Waals surface area contributed by atoms with E-state index in [4.69, 9.17) is 5.26 Å². The van der Waals surface area contributed by atoms with E-state index in [9.17, 15) is 4.21 Å². The van der Waals surface area contributed by atoms with Crippen molar-refractivity contribution < 1.29 is 4.21 Å². The van der Waals surface area contributed by atoms with E-state index in [-0.39, 0.29) is 5.75 Å². The molecule has 4 heteroatoms. The van der Waals surface area contributed by atoms with Gasteiger partial charge < -0.3 is 0 Å². The first-order valence-electron chi connectivity index (χ1n) is 6.06. The Kier molecular flexibility index (Phi) is 5.36. The molecule has 0 aliphatic carbocycles. The molecule has 1 rings (SSSR count). The van der Waals surface area contributed by atoms with Crippen molar-refractivity contribution in [3.63, 3.8) is 0 Å². The molecule has 0 amide bonds. The molecule has 1 aromatic rings. The predicted octanol–water partition coefficient (Wildman–Crippen LogP) is 3.14. The van der Waals surface area contributed by atoms with E-state index in [2.05, 4.69) is 4.36 Å². The minimum atomic E-state index is -2.44. The summed E-state index contributed by atoms with van der Waals surface area (Å²) < 4.78 is 16.9. The topological polar surface area (TPSA) is 53.2 Å². The normalized spacial score (nSPS) is 13.9. The first-order chi connectivity index (χ1) is 8.45. The number of hydrogen-bond donors (Lipinski definition) is 0. The van der Waals surface area contributed by atoms with E-state index in [1.807, 2.05) is 51.1 Å². The third kappa shape index (κ3) is 4.89. The fourth-order valence-corrected chi connectivity index (χ4v) is 3.35. The molecule has 0 aliphatic rings. The number of aryl methyl sites for hydroxylation is 1. The maximum atomic E-state index is 12.6. The van der Waals surface area contributed by atoms with E-state index in [1.54, 1.807) is 0 Å². The van der Waals surface area contributed by atoms with Gasteiger partial charge in [-0.05, 0) is 18.4 Å². The Morgan fingerprint density at radius 2 is 2.17 bits per heavy atom. The summed E-state index contributed by atoms with van der Waals surface area (Å²) in [4.78, 5) is 0. The molecule has 0 fully saturated rings. The van der Waals surface area contributed by atoms with Gasteiger partial charge in [-0.15, -0.1) is 0 Å². The summed E-state index contributed by atoms with van der Waals surface area (Å²) in [7, 11) is -2.44. The highest BCUT2D eigenvalue weighted by Gasteiger charge is 2.10. The molecule has 18 heavy (non-hydrogen) atoms. The van der Waals surface area contributed by atoms with Gasteiger partial charge in [0.15, 0.2) is 0 Å². The van der Waals surface area contributed by atoms with Crippen LogP contribution in [0.5, 0.6) is 0 Å². The van der Waals surface area contributed by atoms with Gasteiger partial charge in [-0.3, -0.25) is 0 Å². The van der Waals surface area contributed by atoms with Crippen molar-refractivity contribution >= 4 is 9.73 Å². The molecule has 3 nitrogen and oxygen atoms in total. The quantitative estimate of drug-likeness (QED) is 0.820. The lowest BCUT2D eigenvalue weighted by Crippen LogP contribution is -2.10. The van der Waals surface area contributed by atoms with Crippen molar-refractivity contribution in [3.8, 4) is 6.07 Å². The van der Waals surface area contributed by atoms with Crippen LogP contribution in [0.1, 0.15) is 25.0 Å². The van der Waals surface area contributed by atoms with Crippen LogP contribution in [0, 0.1) is 24.2 Å². The maximum Gasteiger partial charge on any atom is 0.119 e. The van der Waals surface area contributed by atoms with Crippen LogP contribution in [0.15, 0.2) is 28.6 Å². The predicted molar refractivity (Wildman–Crippen MR) is 75.6 cm³/mol. The Labute approximate surface area is 110 Å². The molecule has 1 unspecified atom stereocenters. The van der Waals surface area contributed by atoms with Crippen molar-refractivity contribution in [1.82, 2.24) is 0 Å². The van der Waals surface area contributed by atoms with Crippen molar-refractivity contribution in [2.45, 2.75) is 26.5 Å². The average molecular weight is 264 g/mol. The Morgan fingerprint density at radius 1 is 1.44 bits per heavy atom. The highest BCUT2D eigenvalue weighted by Crippen LogP contribution is 2.12. The minimum absolute atomic E-state index is 0.00760. The first-order valence-corrected chi connectivity index (χ1v) is 7.91. The molecule has 0 spiro atoms. The monoisotopic (exact) mass is 264 g/mol. The van der Waals surface area contributed by atoms with E-state index in [1.165, 1.54) is 0 Å². The second kappa shape index (κ2) is 6.55. The fourth-order valence-electron chi connectivity index (χ4n) is 1.59. The van der Waals surface area contributed by atoms with Gasteiger partial charge in [-0.1, -0.05) is 43.7 Å². The van der Waals surface area contributed by atoms with Gasteiger partial charge in [0.2, 0.25) is 0 Å². The van der Waals surface area contributed by atoms with Gasteiger partial charge in [0.25, 0.3) is 0 Å². The molecular weight excluding hydrogens is 244 g/mol. The van der Waals surface area contributed by atoms with Crippen LogP contribution >= 0.6 is 0 Å². The minimum Gasteiger partial charge on any atom is -0.248 e. The van der Waals surface area contributed by atoms with Gasteiger partial charge in [0.1, 0.15) is 5.75 Å². The molecule has 0 N–H and O–H groups in total. The largest absolute Gasteiger partial charge is 0.248 e. The zero-order chi connectivity index (χ0) is 13.6. The summed E-state index contributed by atoms with van der Waals surface area (Å²) >= 11 is 0. The smallest absolute Gasteiger partial charge is 0.119 e. The molecule has 0 radical (unpaired) electrons. The summed E-state index contributed by atoms with van der Waals surface area (Å²) in [5, 5.41) is 8.81. The molecule has 0 saturated carbocycles. The second-order valence-corrected chi connectivity index (χ2v) is 7.29. The van der Waals surface area contributed by atoms with E-state index in [0.717, 1.165) is 11.1 Å². The number of nitriles is 1. The van der Waals surface area contributed by atoms with Crippen LogP contribution < -0.4 is 0 Å². The number of hydrogen-bond acceptors (Lipinski definition) is 3. The highest BCUT2D eigenvalue weighted by molar-refractivity contribution is 7.93. The van der Waals surface area contributed by atoms with Gasteiger partial charge in [-0.2, -0.15) is 5.26 Å². The van der Waals surface area contributed by atoms with Crippen LogP contribution in [-0.2, 0) is 15.5 Å². The third-order valence-electron chi connectivity index (χ3n) is 2.44. The maximum absolute atomic E-state index is 12.6. The summed E-state index contributed by atoms with van der Waals surface area (Å²) in [6, 6.07) is 9.88. The Bertz CT molecular complexity index is 549. The standard InChI is InChI=1S/C14H20N2OS/c1-12(2)10-16-18(17,8-7-15)11-14-6-4-5-13(3)9-14/h4-6,9,12H,8,10-11H2,1-3H3. The van der Waals surface area contributed by atoms with E-state index < -0.39 is 9.73 Å². The number of benzene rings is 1. The lowest BCUT2D eigenvalue weighted by Gasteiger charge is -2.09. The molecule has 0 bridgehead atoms. The van der Waals surface area contributed by atoms with E-state index >= 15 is 0 Å². The molecule has 0 aliphatic heterocycles. The van der Waals surface area contributed by atoms with Crippen LogP contribution in [0.2, 0.25) is 0 Å². The zero-order valence-electron chi connectivity index (χ0n) is 11.2. The molecule has 0 heterocycles. The van der Waals surface area contributed by atoms with Crippen molar-refractivity contribution in [2.75, 3.05) is 12.3 Å². The Morgan fingerprint density at radius 3 is 2.72 bits per heavy atom. The molecular formula is C14H20N2OS. The second-order valence-electron chi connectivity index (χ2n) is 4.91. The molecule has 1 atom stereocenters. The highest BCUT2D eigenvalue weighted by atomic mass is 32.2. The van der Waals surface area contributed by atoms with Gasteiger partial charge >= 0.3 is 0 Å². The van der Waals surface area contributed by atoms with Gasteiger partial charge in [-0.25, -0.2) is 8.57 Å². The third-order valence-corrected chi connectivity index (χ3v) is 4.42. The Hall–Kier alpha value is -1.34. The zero-order valence-corrected chi connectivity index (χ0v) is 12.0. The molecule has 0 saturated heterocycles. The molecule has 0 aromatic heterocycles. The van der Waals surface area contributed by atoms with Crippen molar-refractivity contribution in [2.24, 2.45) is 10.3 Å². The first kappa shape index (κ1) is 14.7. The summed E-state index contributed by atoms with van der Waals surface area (Å²) in [5.74, 6) is 0.741. The van der Waals surface area contributed by atoms with Crippen LogP contribution in [0.4, 0.5) is 0 Å².